The highest BCUT2D eigenvalue weighted by Crippen LogP contribution is 2.33. The number of hydrogen-bond donors (Lipinski definition) is 2. The van der Waals surface area contributed by atoms with Crippen LogP contribution in [0.25, 0.3) is 22.6 Å². The maximum absolute atomic E-state index is 11.6. The number of anilines is 1. The summed E-state index contributed by atoms with van der Waals surface area (Å²) in [4.78, 5) is 15.9. The van der Waals surface area contributed by atoms with Crippen LogP contribution in [0.15, 0.2) is 46.9 Å². The van der Waals surface area contributed by atoms with E-state index in [0.29, 0.717) is 28.2 Å². The molecule has 5 nitrogen and oxygen atoms in total. The number of carbonyl (C=O) groups excluding carboxylic acids is 1. The van der Waals surface area contributed by atoms with Crippen molar-refractivity contribution >= 4 is 34.3 Å². The van der Waals surface area contributed by atoms with Gasteiger partial charge in [-0.25, -0.2) is 4.98 Å². The average molecular weight is 317 g/mol. The van der Waals surface area contributed by atoms with Gasteiger partial charge in [0.1, 0.15) is 11.3 Å². The summed E-state index contributed by atoms with van der Waals surface area (Å²) < 4.78 is 5.64. The molecule has 3 aromatic rings. The number of carbonyl (C=O) groups is 1. The van der Waals surface area contributed by atoms with Crippen molar-refractivity contribution in [1.82, 2.24) is 4.98 Å². The first-order chi connectivity index (χ1) is 10.7. The zero-order chi connectivity index (χ0) is 15.5. The molecule has 0 fully saturated rings. The number of phenolic OH excluding ortho intramolecular Hbond substituents is 1. The fourth-order valence-corrected chi connectivity index (χ4v) is 2.25. The Balaban J connectivity index is 1.97. The fraction of sp³-hybridized carbons (Fsp3) is 0.125. The minimum Gasteiger partial charge on any atom is -0.507 e. The minimum atomic E-state index is -0.191. The second-order valence-electron chi connectivity index (χ2n) is 4.71. The first kappa shape index (κ1) is 14.4. The summed E-state index contributed by atoms with van der Waals surface area (Å²) in [5.74, 6) is 0.389. The number of rotatable bonds is 4. The molecule has 112 valence electrons. The summed E-state index contributed by atoms with van der Waals surface area (Å²) in [7, 11) is 0. The number of oxazole rings is 1. The molecule has 0 aliphatic heterocycles. The zero-order valence-corrected chi connectivity index (χ0v) is 12.3. The molecule has 0 saturated heterocycles. The van der Waals surface area contributed by atoms with Crippen LogP contribution < -0.4 is 5.32 Å². The van der Waals surface area contributed by atoms with Crippen molar-refractivity contribution in [2.75, 3.05) is 11.2 Å². The lowest BCUT2D eigenvalue weighted by Gasteiger charge is -2.06. The third-order valence-corrected chi connectivity index (χ3v) is 3.32. The van der Waals surface area contributed by atoms with E-state index in [1.54, 1.807) is 18.2 Å². The molecule has 2 N–H and O–H groups in total. The topological polar surface area (TPSA) is 75.4 Å². The number of fused-ring (bicyclic) bond motifs is 1. The first-order valence-corrected chi connectivity index (χ1v) is 7.25. The number of hydrogen-bond acceptors (Lipinski definition) is 4. The molecule has 1 heterocycles. The van der Waals surface area contributed by atoms with E-state index in [9.17, 15) is 9.90 Å². The van der Waals surface area contributed by atoms with E-state index in [0.717, 1.165) is 0 Å². The predicted octanol–water partition coefficient (Wildman–Crippen LogP) is 3.77. The number of aromatic nitrogens is 1. The van der Waals surface area contributed by atoms with E-state index in [2.05, 4.69) is 10.3 Å². The van der Waals surface area contributed by atoms with E-state index < -0.39 is 0 Å². The number of halogens is 1. The van der Waals surface area contributed by atoms with Gasteiger partial charge in [-0.1, -0.05) is 12.1 Å². The molecule has 0 aliphatic carbocycles. The van der Waals surface area contributed by atoms with Gasteiger partial charge in [-0.15, -0.1) is 11.6 Å². The van der Waals surface area contributed by atoms with Crippen LogP contribution in [0.2, 0.25) is 0 Å². The summed E-state index contributed by atoms with van der Waals surface area (Å²) in [6.45, 7) is 0. The standard InChI is InChI=1S/C16H13ClN2O3/c17-8-7-15(21)18-10-5-6-13(20)11(9-10)16-19-12-3-1-2-4-14(12)22-16/h1-6,9,20H,7-8H2,(H,18,21). The van der Waals surface area contributed by atoms with E-state index >= 15 is 0 Å². The van der Waals surface area contributed by atoms with Gasteiger partial charge in [0.25, 0.3) is 0 Å². The van der Waals surface area contributed by atoms with Crippen LogP contribution in [0.4, 0.5) is 5.69 Å². The van der Waals surface area contributed by atoms with Gasteiger partial charge in [0.2, 0.25) is 11.8 Å². The molecule has 3 rings (SSSR count). The van der Waals surface area contributed by atoms with Crippen LogP contribution in [0.3, 0.4) is 0 Å². The van der Waals surface area contributed by atoms with Crippen LogP contribution in [-0.2, 0) is 4.79 Å². The van der Waals surface area contributed by atoms with E-state index in [1.165, 1.54) is 6.07 Å². The normalized spacial score (nSPS) is 10.8. The van der Waals surface area contributed by atoms with Gasteiger partial charge >= 0.3 is 0 Å². The Kier molecular flexibility index (Phi) is 3.98. The molecule has 2 aromatic carbocycles. The van der Waals surface area contributed by atoms with Crippen LogP contribution in [0.1, 0.15) is 6.42 Å². The number of aromatic hydroxyl groups is 1. The highest BCUT2D eigenvalue weighted by Gasteiger charge is 2.13. The van der Waals surface area contributed by atoms with Crippen LogP contribution in [0.5, 0.6) is 5.75 Å². The molecule has 0 bridgehead atoms. The molecule has 1 amide bonds. The van der Waals surface area contributed by atoms with Crippen LogP contribution in [-0.4, -0.2) is 21.9 Å². The highest BCUT2D eigenvalue weighted by atomic mass is 35.5. The summed E-state index contributed by atoms with van der Waals surface area (Å²) in [5, 5.41) is 12.7. The second kappa shape index (κ2) is 6.07. The number of para-hydroxylation sites is 2. The molecule has 22 heavy (non-hydrogen) atoms. The van der Waals surface area contributed by atoms with E-state index in [1.807, 2.05) is 18.2 Å². The van der Waals surface area contributed by atoms with Crippen molar-refractivity contribution in [3.8, 4) is 17.2 Å². The third-order valence-electron chi connectivity index (χ3n) is 3.13. The lowest BCUT2D eigenvalue weighted by Crippen LogP contribution is -2.11. The number of phenols is 1. The van der Waals surface area contributed by atoms with Crippen molar-refractivity contribution in [3.63, 3.8) is 0 Å². The maximum atomic E-state index is 11.6. The van der Waals surface area contributed by atoms with Gasteiger partial charge in [0, 0.05) is 18.0 Å². The smallest absolute Gasteiger partial charge is 0.231 e. The van der Waals surface area contributed by atoms with Crippen molar-refractivity contribution in [2.45, 2.75) is 6.42 Å². The number of nitrogens with zero attached hydrogens (tertiary/aromatic N) is 1. The summed E-state index contributed by atoms with van der Waals surface area (Å²) in [5.41, 5.74) is 2.30. The van der Waals surface area contributed by atoms with Gasteiger partial charge < -0.3 is 14.8 Å². The number of amides is 1. The number of nitrogens with one attached hydrogen (secondary N) is 1. The molecule has 0 radical (unpaired) electrons. The molecule has 1 aromatic heterocycles. The lowest BCUT2D eigenvalue weighted by atomic mass is 10.1. The summed E-state index contributed by atoms with van der Waals surface area (Å²) in [6.07, 6.45) is 0.223. The van der Waals surface area contributed by atoms with Crippen molar-refractivity contribution in [1.29, 1.82) is 0 Å². The molecular weight excluding hydrogens is 304 g/mol. The SMILES string of the molecule is O=C(CCCl)Nc1ccc(O)c(-c2nc3ccccc3o2)c1. The van der Waals surface area contributed by atoms with E-state index in [4.69, 9.17) is 16.0 Å². The summed E-state index contributed by atoms with van der Waals surface area (Å²) >= 11 is 5.53. The van der Waals surface area contributed by atoms with Gasteiger partial charge in [-0.05, 0) is 30.3 Å². The van der Waals surface area contributed by atoms with E-state index in [-0.39, 0.29) is 24.0 Å². The Bertz CT molecular complexity index is 796. The quantitative estimate of drug-likeness (QED) is 0.567. The molecule has 0 spiro atoms. The second-order valence-corrected chi connectivity index (χ2v) is 5.08. The Morgan fingerprint density at radius 1 is 1.27 bits per heavy atom. The molecule has 0 unspecified atom stereocenters. The zero-order valence-electron chi connectivity index (χ0n) is 11.5. The van der Waals surface area contributed by atoms with Crippen molar-refractivity contribution in [3.05, 3.63) is 42.5 Å². The number of alkyl halides is 1. The summed E-state index contributed by atoms with van der Waals surface area (Å²) in [6, 6.07) is 12.0. The van der Waals surface area contributed by atoms with Gasteiger partial charge in [0.15, 0.2) is 5.58 Å². The monoisotopic (exact) mass is 316 g/mol. The fourth-order valence-electron chi connectivity index (χ4n) is 2.08. The third kappa shape index (κ3) is 2.89. The Labute approximate surface area is 131 Å². The van der Waals surface area contributed by atoms with Crippen LogP contribution in [0, 0.1) is 0 Å². The molecule has 0 atom stereocenters. The largest absolute Gasteiger partial charge is 0.507 e. The van der Waals surface area contributed by atoms with Gasteiger partial charge in [-0.2, -0.15) is 0 Å². The first-order valence-electron chi connectivity index (χ1n) is 6.72. The predicted molar refractivity (Wildman–Crippen MR) is 85.1 cm³/mol. The molecular formula is C16H13ClN2O3. The molecule has 6 heteroatoms. The average Bonchev–Trinajstić information content (AvgIpc) is 2.93. The highest BCUT2D eigenvalue weighted by molar-refractivity contribution is 6.19. The Morgan fingerprint density at radius 3 is 2.86 bits per heavy atom. The van der Waals surface area contributed by atoms with Gasteiger partial charge in [0.05, 0.1) is 5.56 Å². The maximum Gasteiger partial charge on any atom is 0.231 e. The van der Waals surface area contributed by atoms with Crippen LogP contribution >= 0.6 is 11.6 Å². The Hall–Kier alpha value is -2.53. The molecule has 0 aliphatic rings. The van der Waals surface area contributed by atoms with Gasteiger partial charge in [-0.3, -0.25) is 4.79 Å². The molecule has 0 saturated carbocycles. The Morgan fingerprint density at radius 2 is 2.09 bits per heavy atom. The lowest BCUT2D eigenvalue weighted by molar-refractivity contribution is -0.115. The van der Waals surface area contributed by atoms with Crippen molar-refractivity contribution < 1.29 is 14.3 Å². The van der Waals surface area contributed by atoms with Crippen molar-refractivity contribution in [2.24, 2.45) is 0 Å². The minimum absolute atomic E-state index is 0.0295. The number of benzene rings is 2.